The molecule has 0 radical (unpaired) electrons. The number of hydrogen-bond acceptors (Lipinski definition) is 4. The maximum absolute atomic E-state index is 9.24. The van der Waals surface area contributed by atoms with Crippen LogP contribution < -0.4 is 5.73 Å². The highest BCUT2D eigenvalue weighted by Crippen LogP contribution is 2.21. The first kappa shape index (κ1) is 11.7. The summed E-state index contributed by atoms with van der Waals surface area (Å²) in [5.41, 5.74) is 8.71. The molecule has 3 rings (SSSR count). The Morgan fingerprint density at radius 1 is 1.11 bits per heavy atom. The molecule has 0 aliphatic heterocycles. The molecule has 0 saturated heterocycles. The number of nitrogens with two attached hydrogens (primary N) is 1. The molecule has 1 unspecified atom stereocenters. The van der Waals surface area contributed by atoms with E-state index in [2.05, 4.69) is 4.98 Å². The first-order valence-corrected chi connectivity index (χ1v) is 6.11. The van der Waals surface area contributed by atoms with Crippen LogP contribution in [0.5, 0.6) is 5.75 Å². The molecule has 1 atom stereocenters. The van der Waals surface area contributed by atoms with Crippen molar-refractivity contribution in [3.05, 3.63) is 60.0 Å². The molecule has 1 aromatic heterocycles. The highest BCUT2D eigenvalue weighted by Gasteiger charge is 2.14. The summed E-state index contributed by atoms with van der Waals surface area (Å²) in [5.74, 6) is 0.786. The topological polar surface area (TPSA) is 72.3 Å². The zero-order valence-corrected chi connectivity index (χ0v) is 10.3. The van der Waals surface area contributed by atoms with Crippen molar-refractivity contribution >= 4 is 11.1 Å². The van der Waals surface area contributed by atoms with Crippen LogP contribution in [-0.2, 0) is 6.42 Å². The minimum absolute atomic E-state index is 0.249. The number of nitrogens with zero attached hydrogens (tertiary/aromatic N) is 1. The number of rotatable bonds is 3. The average Bonchev–Trinajstić information content (AvgIpc) is 2.85. The third kappa shape index (κ3) is 2.44. The maximum Gasteiger partial charge on any atom is 0.212 e. The maximum atomic E-state index is 9.24. The summed E-state index contributed by atoms with van der Waals surface area (Å²) in [6, 6.07) is 14.3. The number of fused-ring (bicyclic) bond motifs is 1. The van der Waals surface area contributed by atoms with Crippen LogP contribution in [0.3, 0.4) is 0 Å². The van der Waals surface area contributed by atoms with E-state index in [1.807, 2.05) is 36.4 Å². The Kier molecular flexibility index (Phi) is 2.93. The number of phenols is 1. The molecular weight excluding hydrogens is 240 g/mol. The van der Waals surface area contributed by atoms with Gasteiger partial charge in [0, 0.05) is 0 Å². The predicted molar refractivity (Wildman–Crippen MR) is 72.7 cm³/mol. The van der Waals surface area contributed by atoms with Crippen molar-refractivity contribution in [2.24, 2.45) is 5.73 Å². The van der Waals surface area contributed by atoms with Gasteiger partial charge >= 0.3 is 0 Å². The van der Waals surface area contributed by atoms with Gasteiger partial charge in [0.15, 0.2) is 5.58 Å². The van der Waals surface area contributed by atoms with Crippen LogP contribution in [0.4, 0.5) is 0 Å². The largest absolute Gasteiger partial charge is 0.508 e. The first-order chi connectivity index (χ1) is 9.22. The summed E-state index contributed by atoms with van der Waals surface area (Å²) in [4.78, 5) is 4.39. The Labute approximate surface area is 110 Å². The molecule has 0 amide bonds. The lowest BCUT2D eigenvalue weighted by atomic mass is 10.1. The molecule has 1 heterocycles. The Balaban J connectivity index is 1.83. The third-order valence-corrected chi connectivity index (χ3v) is 3.02. The van der Waals surface area contributed by atoms with E-state index in [0.29, 0.717) is 12.3 Å². The normalized spacial score (nSPS) is 12.7. The summed E-state index contributed by atoms with van der Waals surface area (Å²) in [6.45, 7) is 0. The summed E-state index contributed by atoms with van der Waals surface area (Å²) in [6.07, 6.45) is 0.618. The lowest BCUT2D eigenvalue weighted by Gasteiger charge is -2.07. The first-order valence-electron chi connectivity index (χ1n) is 6.11. The Hall–Kier alpha value is -2.33. The van der Waals surface area contributed by atoms with Gasteiger partial charge in [-0.05, 0) is 36.2 Å². The van der Waals surface area contributed by atoms with Gasteiger partial charge in [0.1, 0.15) is 11.3 Å². The van der Waals surface area contributed by atoms with Crippen LogP contribution in [0.2, 0.25) is 0 Å². The molecule has 4 heteroatoms. The number of hydrogen-bond donors (Lipinski definition) is 2. The van der Waals surface area contributed by atoms with Crippen molar-refractivity contribution in [1.29, 1.82) is 0 Å². The SMILES string of the molecule is NC(Cc1ccc(O)cc1)c1nc2ccccc2o1. The third-order valence-electron chi connectivity index (χ3n) is 3.02. The van der Waals surface area contributed by atoms with Gasteiger partial charge in [0.25, 0.3) is 0 Å². The minimum Gasteiger partial charge on any atom is -0.508 e. The van der Waals surface area contributed by atoms with E-state index >= 15 is 0 Å². The van der Waals surface area contributed by atoms with Crippen molar-refractivity contribution in [3.8, 4) is 5.75 Å². The molecule has 96 valence electrons. The number of aromatic nitrogens is 1. The minimum atomic E-state index is -0.294. The zero-order valence-electron chi connectivity index (χ0n) is 10.3. The van der Waals surface area contributed by atoms with Crippen LogP contribution >= 0.6 is 0 Å². The van der Waals surface area contributed by atoms with Crippen LogP contribution in [0.25, 0.3) is 11.1 Å². The van der Waals surface area contributed by atoms with Crippen molar-refractivity contribution in [3.63, 3.8) is 0 Å². The molecule has 0 spiro atoms. The molecule has 0 aliphatic carbocycles. The van der Waals surface area contributed by atoms with E-state index in [1.165, 1.54) is 0 Å². The van der Waals surface area contributed by atoms with Crippen LogP contribution in [0.1, 0.15) is 17.5 Å². The molecule has 2 aromatic carbocycles. The molecule has 0 bridgehead atoms. The zero-order chi connectivity index (χ0) is 13.2. The number of oxazole rings is 1. The van der Waals surface area contributed by atoms with E-state index < -0.39 is 0 Å². The van der Waals surface area contributed by atoms with Gasteiger partial charge in [-0.3, -0.25) is 0 Å². The van der Waals surface area contributed by atoms with E-state index in [9.17, 15) is 5.11 Å². The van der Waals surface area contributed by atoms with Gasteiger partial charge < -0.3 is 15.3 Å². The van der Waals surface area contributed by atoms with Crippen LogP contribution in [0.15, 0.2) is 52.9 Å². The summed E-state index contributed by atoms with van der Waals surface area (Å²) < 4.78 is 5.64. The lowest BCUT2D eigenvalue weighted by Crippen LogP contribution is -2.13. The second-order valence-electron chi connectivity index (χ2n) is 4.50. The predicted octanol–water partition coefficient (Wildman–Crippen LogP) is 2.78. The van der Waals surface area contributed by atoms with Gasteiger partial charge in [-0.25, -0.2) is 4.98 Å². The highest BCUT2D eigenvalue weighted by atomic mass is 16.3. The van der Waals surface area contributed by atoms with Gasteiger partial charge in [0.05, 0.1) is 6.04 Å². The number of benzene rings is 2. The molecule has 0 aliphatic rings. The van der Waals surface area contributed by atoms with Gasteiger partial charge in [-0.15, -0.1) is 0 Å². The monoisotopic (exact) mass is 254 g/mol. The fourth-order valence-corrected chi connectivity index (χ4v) is 2.02. The molecule has 3 aromatic rings. The molecule has 0 fully saturated rings. The van der Waals surface area contributed by atoms with E-state index in [4.69, 9.17) is 10.2 Å². The molecule has 0 saturated carbocycles. The fraction of sp³-hybridized carbons (Fsp3) is 0.133. The Bertz CT molecular complexity index is 656. The van der Waals surface area contributed by atoms with Gasteiger partial charge in [0.2, 0.25) is 5.89 Å². The van der Waals surface area contributed by atoms with Crippen molar-refractivity contribution in [2.45, 2.75) is 12.5 Å². The summed E-state index contributed by atoms with van der Waals surface area (Å²) in [7, 11) is 0. The Morgan fingerprint density at radius 3 is 2.58 bits per heavy atom. The molecule has 4 nitrogen and oxygen atoms in total. The fourth-order valence-electron chi connectivity index (χ4n) is 2.02. The number of phenolic OH excluding ortho intramolecular Hbond substituents is 1. The number of aromatic hydroxyl groups is 1. The van der Waals surface area contributed by atoms with E-state index in [-0.39, 0.29) is 11.8 Å². The second-order valence-corrected chi connectivity index (χ2v) is 4.50. The Morgan fingerprint density at radius 2 is 1.84 bits per heavy atom. The molecule has 3 N–H and O–H groups in total. The van der Waals surface area contributed by atoms with Crippen LogP contribution in [-0.4, -0.2) is 10.1 Å². The van der Waals surface area contributed by atoms with E-state index in [0.717, 1.165) is 16.7 Å². The highest BCUT2D eigenvalue weighted by molar-refractivity contribution is 5.72. The van der Waals surface area contributed by atoms with Gasteiger partial charge in [-0.1, -0.05) is 24.3 Å². The van der Waals surface area contributed by atoms with E-state index in [1.54, 1.807) is 12.1 Å². The van der Waals surface area contributed by atoms with Crippen LogP contribution in [0, 0.1) is 0 Å². The van der Waals surface area contributed by atoms with Crippen molar-refractivity contribution in [2.75, 3.05) is 0 Å². The molecule has 19 heavy (non-hydrogen) atoms. The summed E-state index contributed by atoms with van der Waals surface area (Å²) in [5, 5.41) is 9.24. The van der Waals surface area contributed by atoms with Crippen molar-refractivity contribution in [1.82, 2.24) is 4.98 Å². The average molecular weight is 254 g/mol. The second kappa shape index (κ2) is 4.74. The standard InChI is InChI=1S/C15H14N2O2/c16-12(9-10-5-7-11(18)8-6-10)15-17-13-3-1-2-4-14(13)19-15/h1-8,12,18H,9,16H2. The van der Waals surface area contributed by atoms with Crippen molar-refractivity contribution < 1.29 is 9.52 Å². The molecular formula is C15H14N2O2. The smallest absolute Gasteiger partial charge is 0.212 e. The lowest BCUT2D eigenvalue weighted by molar-refractivity contribution is 0.470. The summed E-state index contributed by atoms with van der Waals surface area (Å²) >= 11 is 0. The van der Waals surface area contributed by atoms with Gasteiger partial charge in [-0.2, -0.15) is 0 Å². The number of para-hydroxylation sites is 2. The quantitative estimate of drug-likeness (QED) is 0.753.